The van der Waals surface area contributed by atoms with E-state index in [1.54, 1.807) is 6.08 Å². The molecule has 1 amide bonds. The fourth-order valence-corrected chi connectivity index (χ4v) is 2.82. The lowest BCUT2D eigenvalue weighted by Crippen LogP contribution is -2.53. The maximum absolute atomic E-state index is 12.7. The number of hydrogen-bond donors (Lipinski definition) is 1. The second-order valence-corrected chi connectivity index (χ2v) is 5.82. The summed E-state index contributed by atoms with van der Waals surface area (Å²) in [6.45, 7) is 6.96. The van der Waals surface area contributed by atoms with Crippen molar-refractivity contribution in [2.75, 3.05) is 6.54 Å². The van der Waals surface area contributed by atoms with Crippen LogP contribution in [0.2, 0.25) is 0 Å². The normalized spacial score (nSPS) is 16.9. The van der Waals surface area contributed by atoms with E-state index in [2.05, 4.69) is 37.8 Å². The first-order chi connectivity index (χ1) is 9.55. The number of nitrogens with two attached hydrogens (primary N) is 1. The van der Waals surface area contributed by atoms with Crippen LogP contribution in [0.4, 0.5) is 0 Å². The maximum Gasteiger partial charge on any atom is 0.243 e. The van der Waals surface area contributed by atoms with Gasteiger partial charge in [0.25, 0.3) is 0 Å². The van der Waals surface area contributed by atoms with Crippen molar-refractivity contribution in [3.05, 3.63) is 48.0 Å². The number of nitrogens with zero attached hydrogens (tertiary/aromatic N) is 1. The highest BCUT2D eigenvalue weighted by molar-refractivity contribution is 5.86. The zero-order valence-corrected chi connectivity index (χ0v) is 12.3. The Hall–Kier alpha value is -1.61. The molecule has 2 N–H and O–H groups in total. The summed E-state index contributed by atoms with van der Waals surface area (Å²) < 4.78 is 0. The predicted octanol–water partition coefficient (Wildman–Crippen LogP) is 2.78. The van der Waals surface area contributed by atoms with Gasteiger partial charge in [0.15, 0.2) is 0 Å². The largest absolute Gasteiger partial charge is 0.333 e. The molecular formula is C17H24N2O. The topological polar surface area (TPSA) is 46.3 Å². The molecule has 0 saturated heterocycles. The fourth-order valence-electron chi connectivity index (χ4n) is 2.82. The van der Waals surface area contributed by atoms with Crippen LogP contribution in [0.15, 0.2) is 36.9 Å². The standard InChI is InChI=1S/C17H24N2O/c1-3-12-19(13-15-8-6-14(2)7-9-15)16(20)17(18)10-4-5-11-17/h3,6-9H,1,4-5,10-13,18H2,2H3. The first kappa shape index (κ1) is 14.8. The molecule has 0 atom stereocenters. The van der Waals surface area contributed by atoms with E-state index in [4.69, 9.17) is 5.73 Å². The number of aryl methyl sites for hydroxylation is 1. The molecular weight excluding hydrogens is 248 g/mol. The molecule has 0 radical (unpaired) electrons. The van der Waals surface area contributed by atoms with Gasteiger partial charge in [-0.1, -0.05) is 48.7 Å². The third-order valence-electron chi connectivity index (χ3n) is 4.05. The van der Waals surface area contributed by atoms with Crippen molar-refractivity contribution in [2.24, 2.45) is 5.73 Å². The van der Waals surface area contributed by atoms with E-state index in [1.807, 2.05) is 4.90 Å². The number of hydrogen-bond acceptors (Lipinski definition) is 2. The van der Waals surface area contributed by atoms with Crippen LogP contribution in [-0.4, -0.2) is 22.9 Å². The molecule has 0 bridgehead atoms. The van der Waals surface area contributed by atoms with E-state index in [0.717, 1.165) is 31.2 Å². The Labute approximate surface area is 121 Å². The van der Waals surface area contributed by atoms with Crippen LogP contribution in [0.25, 0.3) is 0 Å². The molecule has 0 spiro atoms. The lowest BCUT2D eigenvalue weighted by molar-refractivity contribution is -0.136. The SMILES string of the molecule is C=CCN(Cc1ccc(C)cc1)C(=O)C1(N)CCCC1. The third-order valence-corrected chi connectivity index (χ3v) is 4.05. The summed E-state index contributed by atoms with van der Waals surface area (Å²) in [5.74, 6) is 0.0653. The van der Waals surface area contributed by atoms with Gasteiger partial charge < -0.3 is 10.6 Å². The van der Waals surface area contributed by atoms with Crippen LogP contribution in [0.5, 0.6) is 0 Å². The second kappa shape index (κ2) is 6.23. The van der Waals surface area contributed by atoms with Crippen molar-refractivity contribution >= 4 is 5.91 Å². The van der Waals surface area contributed by atoms with Crippen LogP contribution in [0.3, 0.4) is 0 Å². The Morgan fingerprint density at radius 3 is 2.50 bits per heavy atom. The third kappa shape index (κ3) is 3.28. The fraction of sp³-hybridized carbons (Fsp3) is 0.471. The summed E-state index contributed by atoms with van der Waals surface area (Å²) in [5.41, 5.74) is 7.98. The molecule has 0 aromatic heterocycles. The van der Waals surface area contributed by atoms with Crippen molar-refractivity contribution in [3.63, 3.8) is 0 Å². The number of amides is 1. The first-order valence-electron chi connectivity index (χ1n) is 7.30. The summed E-state index contributed by atoms with van der Waals surface area (Å²) in [5, 5.41) is 0. The quantitative estimate of drug-likeness (QED) is 0.838. The number of carbonyl (C=O) groups is 1. The van der Waals surface area contributed by atoms with E-state index in [9.17, 15) is 4.79 Å². The van der Waals surface area contributed by atoms with Gasteiger partial charge in [0, 0.05) is 13.1 Å². The average molecular weight is 272 g/mol. The van der Waals surface area contributed by atoms with Gasteiger partial charge in [-0.25, -0.2) is 0 Å². The van der Waals surface area contributed by atoms with Gasteiger partial charge in [0.2, 0.25) is 5.91 Å². The monoisotopic (exact) mass is 272 g/mol. The predicted molar refractivity (Wildman–Crippen MR) is 82.2 cm³/mol. The summed E-state index contributed by atoms with van der Waals surface area (Å²) in [7, 11) is 0. The summed E-state index contributed by atoms with van der Waals surface area (Å²) >= 11 is 0. The second-order valence-electron chi connectivity index (χ2n) is 5.82. The molecule has 1 aliphatic rings. The molecule has 0 aliphatic heterocycles. The molecule has 1 saturated carbocycles. The van der Waals surface area contributed by atoms with Gasteiger partial charge in [-0.2, -0.15) is 0 Å². The number of benzene rings is 1. The summed E-state index contributed by atoms with van der Waals surface area (Å²) in [4.78, 5) is 14.5. The van der Waals surface area contributed by atoms with Gasteiger partial charge in [0.05, 0.1) is 5.54 Å². The molecule has 1 aliphatic carbocycles. The molecule has 3 heteroatoms. The summed E-state index contributed by atoms with van der Waals surface area (Å²) in [6.07, 6.45) is 5.47. The Morgan fingerprint density at radius 2 is 1.95 bits per heavy atom. The average Bonchev–Trinajstić information content (AvgIpc) is 2.88. The molecule has 20 heavy (non-hydrogen) atoms. The van der Waals surface area contributed by atoms with Gasteiger partial charge >= 0.3 is 0 Å². The van der Waals surface area contributed by atoms with E-state index in [-0.39, 0.29) is 5.91 Å². The Morgan fingerprint density at radius 1 is 1.35 bits per heavy atom. The zero-order valence-electron chi connectivity index (χ0n) is 12.3. The Balaban J connectivity index is 2.12. The van der Waals surface area contributed by atoms with Gasteiger partial charge in [-0.05, 0) is 25.3 Å². The van der Waals surface area contributed by atoms with Gasteiger partial charge in [-0.15, -0.1) is 6.58 Å². The molecule has 1 fully saturated rings. The van der Waals surface area contributed by atoms with Crippen LogP contribution in [0.1, 0.15) is 36.8 Å². The Kier molecular flexibility index (Phi) is 4.61. The van der Waals surface area contributed by atoms with Crippen molar-refractivity contribution in [1.29, 1.82) is 0 Å². The molecule has 1 aromatic carbocycles. The van der Waals surface area contributed by atoms with E-state index < -0.39 is 5.54 Å². The minimum atomic E-state index is -0.659. The highest BCUT2D eigenvalue weighted by Gasteiger charge is 2.39. The molecule has 108 valence electrons. The van der Waals surface area contributed by atoms with E-state index >= 15 is 0 Å². The Bertz CT molecular complexity index is 472. The van der Waals surface area contributed by atoms with Gasteiger partial charge in [0.1, 0.15) is 0 Å². The van der Waals surface area contributed by atoms with E-state index in [0.29, 0.717) is 13.1 Å². The van der Waals surface area contributed by atoms with Crippen molar-refractivity contribution in [2.45, 2.75) is 44.7 Å². The highest BCUT2D eigenvalue weighted by atomic mass is 16.2. The van der Waals surface area contributed by atoms with Crippen LogP contribution < -0.4 is 5.73 Å². The molecule has 0 heterocycles. The van der Waals surface area contributed by atoms with Crippen LogP contribution in [0, 0.1) is 6.92 Å². The summed E-state index contributed by atoms with van der Waals surface area (Å²) in [6, 6.07) is 8.27. The number of carbonyl (C=O) groups excluding carboxylic acids is 1. The smallest absolute Gasteiger partial charge is 0.243 e. The van der Waals surface area contributed by atoms with Crippen molar-refractivity contribution < 1.29 is 4.79 Å². The highest BCUT2D eigenvalue weighted by Crippen LogP contribution is 2.29. The lowest BCUT2D eigenvalue weighted by Gasteiger charge is -2.31. The van der Waals surface area contributed by atoms with E-state index in [1.165, 1.54) is 5.56 Å². The van der Waals surface area contributed by atoms with Crippen molar-refractivity contribution in [1.82, 2.24) is 4.90 Å². The van der Waals surface area contributed by atoms with Gasteiger partial charge in [-0.3, -0.25) is 4.79 Å². The molecule has 2 rings (SSSR count). The zero-order chi connectivity index (χ0) is 14.6. The molecule has 0 unspecified atom stereocenters. The van der Waals surface area contributed by atoms with Crippen LogP contribution in [-0.2, 0) is 11.3 Å². The van der Waals surface area contributed by atoms with Crippen LogP contribution >= 0.6 is 0 Å². The number of rotatable bonds is 5. The molecule has 1 aromatic rings. The van der Waals surface area contributed by atoms with Crippen molar-refractivity contribution in [3.8, 4) is 0 Å². The molecule has 3 nitrogen and oxygen atoms in total. The first-order valence-corrected chi connectivity index (χ1v) is 7.30. The maximum atomic E-state index is 12.7. The minimum Gasteiger partial charge on any atom is -0.333 e. The minimum absolute atomic E-state index is 0.0653. The lowest BCUT2D eigenvalue weighted by atomic mass is 9.96.